The lowest BCUT2D eigenvalue weighted by atomic mass is 9.93. The molecule has 0 spiro atoms. The third-order valence-electron chi connectivity index (χ3n) is 5.99. The predicted molar refractivity (Wildman–Crippen MR) is 161 cm³/mol. The summed E-state index contributed by atoms with van der Waals surface area (Å²) >= 11 is 0. The zero-order valence-electron chi connectivity index (χ0n) is 25.9. The van der Waals surface area contributed by atoms with Gasteiger partial charge >= 0.3 is 0 Å². The number of carbonyl (C=O) groups is 5. The number of ether oxygens (including phenoxy) is 2. The summed E-state index contributed by atoms with van der Waals surface area (Å²) in [4.78, 5) is 60.4. The van der Waals surface area contributed by atoms with Crippen molar-refractivity contribution in [2.24, 2.45) is 10.8 Å². The molecule has 11 nitrogen and oxygen atoms in total. The van der Waals surface area contributed by atoms with E-state index in [4.69, 9.17) is 9.47 Å². The van der Waals surface area contributed by atoms with Crippen molar-refractivity contribution < 1.29 is 33.4 Å². The largest absolute Gasteiger partial charge is 0.380 e. The van der Waals surface area contributed by atoms with Gasteiger partial charge in [-0.3, -0.25) is 28.9 Å². The summed E-state index contributed by atoms with van der Waals surface area (Å²) in [6, 6.07) is 0. The van der Waals surface area contributed by atoms with Gasteiger partial charge in [-0.05, 0) is 19.9 Å². The molecule has 1 heterocycles. The summed E-state index contributed by atoms with van der Waals surface area (Å²) in [7, 11) is 0. The summed E-state index contributed by atoms with van der Waals surface area (Å²) in [5.74, 6) is -1.54. The normalized spacial score (nSPS) is 14.3. The number of carbonyl (C=O) groups excluding carboxylic acids is 5. The number of nitrogens with one attached hydrogen (secondary N) is 3. The van der Waals surface area contributed by atoms with E-state index in [-0.39, 0.29) is 54.5 Å². The molecule has 5 amide bonds. The summed E-state index contributed by atoms with van der Waals surface area (Å²) < 4.78 is 11.7. The van der Waals surface area contributed by atoms with Crippen LogP contribution in [0.4, 0.5) is 0 Å². The molecular formula is C31H48N4O7. The highest BCUT2D eigenvalue weighted by molar-refractivity contribution is 6.12. The van der Waals surface area contributed by atoms with Crippen LogP contribution in [0.5, 0.6) is 0 Å². The predicted octanol–water partition coefficient (Wildman–Crippen LogP) is 2.20. The Morgan fingerprint density at radius 2 is 1.38 bits per heavy atom. The van der Waals surface area contributed by atoms with Crippen LogP contribution in [0, 0.1) is 10.8 Å². The summed E-state index contributed by atoms with van der Waals surface area (Å²) in [5, 5.41) is 8.30. The SMILES string of the molecule is C\C=C/C=C(\C=C/C)C(=O)NCC(C)(C)COCC(C)(C)COCCNC(=O)CCC(=O)NCCN1C(=O)C=CC1=O. The van der Waals surface area contributed by atoms with Crippen LogP contribution in [0.3, 0.4) is 0 Å². The smallest absolute Gasteiger partial charge is 0.253 e. The van der Waals surface area contributed by atoms with Gasteiger partial charge in [0.2, 0.25) is 11.8 Å². The molecule has 0 bridgehead atoms. The second-order valence-corrected chi connectivity index (χ2v) is 11.6. The van der Waals surface area contributed by atoms with Gasteiger partial charge in [-0.15, -0.1) is 0 Å². The van der Waals surface area contributed by atoms with Gasteiger partial charge in [0.15, 0.2) is 0 Å². The fourth-order valence-corrected chi connectivity index (χ4v) is 3.68. The van der Waals surface area contributed by atoms with E-state index in [1.807, 2.05) is 59.8 Å². The van der Waals surface area contributed by atoms with Crippen molar-refractivity contribution >= 4 is 29.5 Å². The van der Waals surface area contributed by atoms with Crippen LogP contribution in [0.2, 0.25) is 0 Å². The van der Waals surface area contributed by atoms with E-state index in [1.165, 1.54) is 12.2 Å². The van der Waals surface area contributed by atoms with Gasteiger partial charge < -0.3 is 25.4 Å². The number of nitrogens with zero attached hydrogens (tertiary/aromatic N) is 1. The lowest BCUT2D eigenvalue weighted by molar-refractivity contribution is -0.137. The molecule has 0 atom stereocenters. The maximum absolute atomic E-state index is 12.5. The Morgan fingerprint density at radius 3 is 1.98 bits per heavy atom. The molecule has 0 radical (unpaired) electrons. The van der Waals surface area contributed by atoms with Crippen LogP contribution in [0.25, 0.3) is 0 Å². The Morgan fingerprint density at radius 1 is 0.810 bits per heavy atom. The van der Waals surface area contributed by atoms with Crippen molar-refractivity contribution in [2.45, 2.75) is 54.4 Å². The number of hydrogen-bond acceptors (Lipinski definition) is 7. The number of imide groups is 1. The first kappa shape index (κ1) is 36.5. The van der Waals surface area contributed by atoms with E-state index < -0.39 is 11.8 Å². The van der Waals surface area contributed by atoms with Gasteiger partial charge in [0.05, 0.1) is 26.4 Å². The zero-order chi connectivity index (χ0) is 31.6. The standard InChI is InChI=1S/C31H48N4O7/c1-7-9-11-24(10-8-2)29(40)34-20-30(3,4)21-42-23-31(5,6)22-41-19-17-33-26(37)13-12-25(36)32-16-18-35-27(38)14-15-28(35)39/h7-11,14-15H,12-13,16-23H2,1-6H3,(H,32,36)(H,33,37)(H,34,40)/b9-7-,10-8-,24-11+. The molecule has 42 heavy (non-hydrogen) atoms. The average molecular weight is 589 g/mol. The molecule has 234 valence electrons. The van der Waals surface area contributed by atoms with Crippen LogP contribution < -0.4 is 16.0 Å². The first-order valence-corrected chi connectivity index (χ1v) is 14.3. The highest BCUT2D eigenvalue weighted by Crippen LogP contribution is 2.20. The second kappa shape index (κ2) is 18.8. The first-order valence-electron chi connectivity index (χ1n) is 14.3. The number of hydrogen-bond donors (Lipinski definition) is 3. The number of rotatable bonds is 20. The molecule has 0 aromatic rings. The topological polar surface area (TPSA) is 143 Å². The van der Waals surface area contributed by atoms with Crippen molar-refractivity contribution in [2.75, 3.05) is 52.6 Å². The molecule has 0 fully saturated rings. The maximum atomic E-state index is 12.5. The fraction of sp³-hybridized carbons (Fsp3) is 0.581. The number of amides is 5. The third kappa shape index (κ3) is 15.4. The lowest BCUT2D eigenvalue weighted by Gasteiger charge is -2.29. The van der Waals surface area contributed by atoms with Gasteiger partial charge in [-0.25, -0.2) is 0 Å². The Labute approximate surface area is 249 Å². The van der Waals surface area contributed by atoms with Crippen molar-refractivity contribution in [3.05, 3.63) is 48.1 Å². The summed E-state index contributed by atoms with van der Waals surface area (Å²) in [6.07, 6.45) is 11.5. The van der Waals surface area contributed by atoms with Crippen molar-refractivity contribution in [1.29, 1.82) is 0 Å². The molecule has 0 saturated heterocycles. The molecule has 0 aliphatic carbocycles. The highest BCUT2D eigenvalue weighted by Gasteiger charge is 2.24. The molecule has 1 aliphatic heterocycles. The van der Waals surface area contributed by atoms with Crippen LogP contribution in [0.15, 0.2) is 48.1 Å². The van der Waals surface area contributed by atoms with Gasteiger partial charge in [-0.2, -0.15) is 0 Å². The van der Waals surface area contributed by atoms with E-state index in [0.717, 1.165) is 4.90 Å². The molecule has 3 N–H and O–H groups in total. The lowest BCUT2D eigenvalue weighted by Crippen LogP contribution is -2.38. The van der Waals surface area contributed by atoms with Gasteiger partial charge in [0.1, 0.15) is 0 Å². The quantitative estimate of drug-likeness (QED) is 0.0856. The Balaban J connectivity index is 2.19. The van der Waals surface area contributed by atoms with Crippen LogP contribution in [-0.4, -0.2) is 87.0 Å². The van der Waals surface area contributed by atoms with Crippen molar-refractivity contribution in [3.8, 4) is 0 Å². The highest BCUT2D eigenvalue weighted by atomic mass is 16.5. The van der Waals surface area contributed by atoms with Crippen molar-refractivity contribution in [3.63, 3.8) is 0 Å². The van der Waals surface area contributed by atoms with Gasteiger partial charge in [0, 0.05) is 67.6 Å². The first-order chi connectivity index (χ1) is 19.8. The van der Waals surface area contributed by atoms with Gasteiger partial charge in [0.25, 0.3) is 17.7 Å². The van der Waals surface area contributed by atoms with Gasteiger partial charge in [-0.1, -0.05) is 52.0 Å². The monoisotopic (exact) mass is 588 g/mol. The van der Waals surface area contributed by atoms with Crippen LogP contribution >= 0.6 is 0 Å². The third-order valence-corrected chi connectivity index (χ3v) is 5.99. The summed E-state index contributed by atoms with van der Waals surface area (Å²) in [5.41, 5.74) is 0.0719. The zero-order valence-corrected chi connectivity index (χ0v) is 25.9. The minimum atomic E-state index is -0.402. The Kier molecular flexibility index (Phi) is 16.3. The Hall–Kier alpha value is -3.57. The molecule has 0 unspecified atom stereocenters. The Bertz CT molecular complexity index is 1040. The second-order valence-electron chi connectivity index (χ2n) is 11.6. The van der Waals surface area contributed by atoms with E-state index in [9.17, 15) is 24.0 Å². The minimum absolute atomic E-state index is 0.00108. The molecule has 0 aromatic carbocycles. The van der Waals surface area contributed by atoms with E-state index in [0.29, 0.717) is 45.1 Å². The molecule has 1 aliphatic rings. The van der Waals surface area contributed by atoms with E-state index in [2.05, 4.69) is 16.0 Å². The fourth-order valence-electron chi connectivity index (χ4n) is 3.68. The molecule has 11 heteroatoms. The van der Waals surface area contributed by atoms with Crippen LogP contribution in [-0.2, 0) is 33.4 Å². The molecule has 0 saturated carbocycles. The maximum Gasteiger partial charge on any atom is 0.253 e. The number of allylic oxidation sites excluding steroid dienone is 4. The van der Waals surface area contributed by atoms with E-state index >= 15 is 0 Å². The minimum Gasteiger partial charge on any atom is -0.380 e. The molecule has 1 rings (SSSR count). The van der Waals surface area contributed by atoms with E-state index in [1.54, 1.807) is 12.2 Å². The summed E-state index contributed by atoms with van der Waals surface area (Å²) in [6.45, 7) is 14.6. The molecular weight excluding hydrogens is 540 g/mol. The van der Waals surface area contributed by atoms with Crippen molar-refractivity contribution in [1.82, 2.24) is 20.9 Å². The average Bonchev–Trinajstić information content (AvgIpc) is 3.24. The molecule has 0 aromatic heterocycles. The van der Waals surface area contributed by atoms with Crippen LogP contribution in [0.1, 0.15) is 54.4 Å².